The van der Waals surface area contributed by atoms with Crippen molar-refractivity contribution in [2.75, 3.05) is 0 Å². The van der Waals surface area contributed by atoms with E-state index in [-0.39, 0.29) is 0 Å². The minimum Gasteiger partial charge on any atom is -0.456 e. The molecule has 8 rings (SSSR count). The van der Waals surface area contributed by atoms with Gasteiger partial charge in [-0.15, -0.1) is 0 Å². The summed E-state index contributed by atoms with van der Waals surface area (Å²) >= 11 is 6.60. The number of hydrogen-bond acceptors (Lipinski definition) is 6. The third kappa shape index (κ3) is 3.54. The highest BCUT2D eigenvalue weighted by molar-refractivity contribution is 8.26. The Hall–Kier alpha value is -4.64. The predicted octanol–water partition coefficient (Wildman–Crippen LogP) is 6.84. The van der Waals surface area contributed by atoms with Crippen LogP contribution in [0, 0.1) is 0 Å². The van der Waals surface area contributed by atoms with Gasteiger partial charge in [0.15, 0.2) is 17.5 Å². The first-order chi connectivity index (χ1) is 19.7. The molecular weight excluding hydrogens is 533 g/mol. The number of ether oxygens (including phenoxy) is 2. The SMILES string of the molecule is S=P12c3ccccc3Oc3cc(-c4nc(-c5ccccc5)nc(-c5ccccc5)n4)cc(c31)Oc1ccccc12. The summed E-state index contributed by atoms with van der Waals surface area (Å²) in [4.78, 5) is 14.7. The number of hydrogen-bond donors (Lipinski definition) is 0. The summed E-state index contributed by atoms with van der Waals surface area (Å²) in [5.41, 5.74) is 2.59. The summed E-state index contributed by atoms with van der Waals surface area (Å²) in [7, 11) is 0. The lowest BCUT2D eigenvalue weighted by molar-refractivity contribution is 0.467. The lowest BCUT2D eigenvalue weighted by atomic mass is 10.1. The molecule has 0 saturated heterocycles. The zero-order valence-corrected chi connectivity index (χ0v) is 22.8. The minimum absolute atomic E-state index is 0.532. The molecule has 0 radical (unpaired) electrons. The molecule has 0 unspecified atom stereocenters. The van der Waals surface area contributed by atoms with E-state index in [1.165, 1.54) is 0 Å². The van der Waals surface area contributed by atoms with Crippen LogP contribution >= 0.6 is 6.04 Å². The lowest BCUT2D eigenvalue weighted by Crippen LogP contribution is -2.34. The minimum atomic E-state index is -2.41. The highest BCUT2D eigenvalue weighted by Crippen LogP contribution is 2.59. The Bertz CT molecular complexity index is 1860. The third-order valence-electron chi connectivity index (χ3n) is 7.16. The van der Waals surface area contributed by atoms with E-state index in [1.54, 1.807) is 0 Å². The van der Waals surface area contributed by atoms with Gasteiger partial charge in [-0.2, -0.15) is 0 Å². The highest BCUT2D eigenvalue weighted by Gasteiger charge is 2.42. The molecule has 2 aliphatic heterocycles. The molecule has 1 aromatic heterocycles. The van der Waals surface area contributed by atoms with Gasteiger partial charge in [0.05, 0.1) is 11.3 Å². The molecule has 6 aromatic rings. The average molecular weight is 554 g/mol. The molecule has 0 saturated carbocycles. The number of aromatic nitrogens is 3. The number of rotatable bonds is 3. The standard InChI is InChI=1S/C33H20N3O2PS/c40-39-28-17-9-7-15-24(28)37-26-19-23(20-27(30(26)39)38-25-16-8-10-18-29(25)39)33-35-31(21-11-3-1-4-12-21)34-32(36-33)22-13-5-2-6-14-22/h1-20H. The number of fused-ring (bicyclic) bond motifs is 4. The third-order valence-corrected chi connectivity index (χ3v) is 12.1. The Kier molecular flexibility index (Phi) is 5.21. The summed E-state index contributed by atoms with van der Waals surface area (Å²) in [6.07, 6.45) is 0. The van der Waals surface area contributed by atoms with Gasteiger partial charge in [0.2, 0.25) is 0 Å². The fourth-order valence-corrected chi connectivity index (χ4v) is 9.81. The van der Waals surface area contributed by atoms with Crippen molar-refractivity contribution in [2.24, 2.45) is 0 Å². The van der Waals surface area contributed by atoms with Gasteiger partial charge in [-0.3, -0.25) is 0 Å². The van der Waals surface area contributed by atoms with E-state index < -0.39 is 6.04 Å². The summed E-state index contributed by atoms with van der Waals surface area (Å²) < 4.78 is 13.0. The molecule has 5 nitrogen and oxygen atoms in total. The van der Waals surface area contributed by atoms with Gasteiger partial charge in [-0.05, 0) is 36.4 Å². The molecule has 0 fully saturated rings. The molecule has 0 amide bonds. The monoisotopic (exact) mass is 553 g/mol. The molecule has 3 heterocycles. The van der Waals surface area contributed by atoms with Gasteiger partial charge in [-0.25, -0.2) is 15.0 Å². The van der Waals surface area contributed by atoms with Crippen LogP contribution < -0.4 is 25.4 Å². The van der Waals surface area contributed by atoms with Crippen LogP contribution in [-0.4, -0.2) is 15.0 Å². The van der Waals surface area contributed by atoms with E-state index in [9.17, 15) is 0 Å². The van der Waals surface area contributed by atoms with Crippen LogP contribution in [0.15, 0.2) is 121 Å². The van der Waals surface area contributed by atoms with Crippen molar-refractivity contribution in [2.45, 2.75) is 0 Å². The van der Waals surface area contributed by atoms with Crippen LogP contribution in [0.5, 0.6) is 23.0 Å². The first-order valence-corrected chi connectivity index (χ1v) is 15.7. The molecule has 40 heavy (non-hydrogen) atoms. The molecular formula is C33H20N3O2PS. The largest absolute Gasteiger partial charge is 0.456 e. The second-order valence-corrected chi connectivity index (χ2v) is 13.9. The van der Waals surface area contributed by atoms with E-state index in [1.807, 2.05) is 109 Å². The first kappa shape index (κ1) is 23.3. The van der Waals surface area contributed by atoms with Gasteiger partial charge in [0.25, 0.3) is 0 Å². The lowest BCUT2D eigenvalue weighted by Gasteiger charge is -2.37. The molecule has 190 valence electrons. The Balaban J connectivity index is 1.37. The maximum Gasteiger partial charge on any atom is 0.164 e. The van der Waals surface area contributed by atoms with Crippen LogP contribution in [0.1, 0.15) is 0 Å². The van der Waals surface area contributed by atoms with E-state index in [0.29, 0.717) is 29.0 Å². The zero-order chi connectivity index (χ0) is 26.7. The molecule has 0 spiro atoms. The summed E-state index contributed by atoms with van der Waals surface area (Å²) in [6, 6.07) is 37.6. The van der Waals surface area contributed by atoms with Gasteiger partial charge >= 0.3 is 0 Å². The summed E-state index contributed by atoms with van der Waals surface area (Å²) in [5.74, 6) is 4.66. The zero-order valence-electron chi connectivity index (χ0n) is 21.1. The topological polar surface area (TPSA) is 57.1 Å². The van der Waals surface area contributed by atoms with Gasteiger partial charge < -0.3 is 9.47 Å². The van der Waals surface area contributed by atoms with Gasteiger partial charge in [0.1, 0.15) is 23.0 Å². The number of para-hydroxylation sites is 2. The second-order valence-electron chi connectivity index (χ2n) is 9.61. The molecule has 0 bridgehead atoms. The summed E-state index contributed by atoms with van der Waals surface area (Å²) in [6.45, 7) is 0. The van der Waals surface area contributed by atoms with Crippen LogP contribution in [0.25, 0.3) is 34.2 Å². The number of benzene rings is 5. The molecule has 2 aliphatic rings. The highest BCUT2D eigenvalue weighted by atomic mass is 32.4. The molecule has 0 aliphatic carbocycles. The van der Waals surface area contributed by atoms with Crippen LogP contribution in [-0.2, 0) is 11.8 Å². The summed E-state index contributed by atoms with van der Waals surface area (Å²) in [5, 5.41) is 3.02. The second kappa shape index (κ2) is 8.95. The van der Waals surface area contributed by atoms with E-state index in [2.05, 4.69) is 12.1 Å². The Morgan fingerprint density at radius 3 is 1.32 bits per heavy atom. The predicted molar refractivity (Wildman–Crippen MR) is 162 cm³/mol. The average Bonchev–Trinajstić information content (AvgIpc) is 3.02. The molecule has 0 N–H and O–H groups in total. The maximum atomic E-state index is 6.60. The van der Waals surface area contributed by atoms with Crippen LogP contribution in [0.3, 0.4) is 0 Å². The van der Waals surface area contributed by atoms with Crippen molar-refractivity contribution >= 4 is 33.8 Å². The van der Waals surface area contributed by atoms with Crippen molar-refractivity contribution in [3.05, 3.63) is 121 Å². The quantitative estimate of drug-likeness (QED) is 0.223. The molecule has 7 heteroatoms. The first-order valence-electron chi connectivity index (χ1n) is 12.9. The Morgan fingerprint density at radius 1 is 0.450 bits per heavy atom. The fourth-order valence-electron chi connectivity index (χ4n) is 5.33. The van der Waals surface area contributed by atoms with Crippen molar-refractivity contribution in [3.63, 3.8) is 0 Å². The van der Waals surface area contributed by atoms with Crippen molar-refractivity contribution in [1.29, 1.82) is 0 Å². The number of nitrogens with zero attached hydrogens (tertiary/aromatic N) is 3. The van der Waals surface area contributed by atoms with E-state index in [0.717, 1.165) is 44.1 Å². The Labute approximate surface area is 236 Å². The van der Waals surface area contributed by atoms with E-state index in [4.69, 9.17) is 36.2 Å². The van der Waals surface area contributed by atoms with E-state index >= 15 is 0 Å². The fraction of sp³-hybridized carbons (Fsp3) is 0. The molecule has 5 aromatic carbocycles. The van der Waals surface area contributed by atoms with Crippen molar-refractivity contribution in [1.82, 2.24) is 15.0 Å². The maximum absolute atomic E-state index is 6.60. The van der Waals surface area contributed by atoms with Crippen molar-refractivity contribution in [3.8, 4) is 57.2 Å². The Morgan fingerprint density at radius 2 is 0.850 bits per heavy atom. The smallest absolute Gasteiger partial charge is 0.164 e. The van der Waals surface area contributed by atoms with Crippen molar-refractivity contribution < 1.29 is 9.47 Å². The normalized spacial score (nSPS) is 13.7. The molecule has 0 atom stereocenters. The van der Waals surface area contributed by atoms with Gasteiger partial charge in [0, 0.05) is 27.3 Å². The van der Waals surface area contributed by atoms with Crippen LogP contribution in [0.2, 0.25) is 0 Å². The van der Waals surface area contributed by atoms with Crippen LogP contribution in [0.4, 0.5) is 0 Å². The van der Waals surface area contributed by atoms with Gasteiger partial charge in [-0.1, -0.05) is 96.7 Å².